The van der Waals surface area contributed by atoms with Gasteiger partial charge in [-0.2, -0.15) is 11.8 Å². The second-order valence-electron chi connectivity index (χ2n) is 6.36. The number of hydrogen-bond donors (Lipinski definition) is 1. The molecule has 0 saturated carbocycles. The highest BCUT2D eigenvalue weighted by Gasteiger charge is 2.23. The van der Waals surface area contributed by atoms with Gasteiger partial charge in [0.1, 0.15) is 5.82 Å². The Bertz CT molecular complexity index is 494. The van der Waals surface area contributed by atoms with Crippen molar-refractivity contribution in [3.05, 3.63) is 34.6 Å². The number of likely N-dealkylation sites (tertiary alicyclic amines) is 1. The highest BCUT2D eigenvalue weighted by atomic mass is 35.5. The molecule has 2 aliphatic rings. The number of piperidine rings is 1. The first kappa shape index (κ1) is 16.6. The molecule has 0 bridgehead atoms. The minimum absolute atomic E-state index is 0.262. The van der Waals surface area contributed by atoms with E-state index in [0.717, 1.165) is 25.2 Å². The van der Waals surface area contributed by atoms with Gasteiger partial charge in [0.2, 0.25) is 0 Å². The predicted molar refractivity (Wildman–Crippen MR) is 93.2 cm³/mol. The van der Waals surface area contributed by atoms with E-state index in [4.69, 9.17) is 11.6 Å². The van der Waals surface area contributed by atoms with Gasteiger partial charge in [0.25, 0.3) is 0 Å². The lowest BCUT2D eigenvalue weighted by Crippen LogP contribution is -2.49. The lowest BCUT2D eigenvalue weighted by Gasteiger charge is -2.36. The molecule has 2 aliphatic heterocycles. The maximum Gasteiger partial charge on any atom is 0.124 e. The number of hydrogen-bond acceptors (Lipinski definition) is 3. The fourth-order valence-corrected chi connectivity index (χ4v) is 4.76. The van der Waals surface area contributed by atoms with Crippen molar-refractivity contribution in [1.29, 1.82) is 0 Å². The maximum atomic E-state index is 13.1. The van der Waals surface area contributed by atoms with Crippen LogP contribution < -0.4 is 5.32 Å². The number of nitrogens with one attached hydrogen (secondary N) is 1. The molecule has 0 amide bonds. The van der Waals surface area contributed by atoms with Gasteiger partial charge < -0.3 is 5.32 Å². The Hall–Kier alpha value is -0.290. The Balaban J connectivity index is 1.53. The fraction of sp³-hybridized carbons (Fsp3) is 0.647. The smallest absolute Gasteiger partial charge is 0.124 e. The number of rotatable bonds is 4. The average Bonchev–Trinajstić information content (AvgIpc) is 2.52. The summed E-state index contributed by atoms with van der Waals surface area (Å²) in [7, 11) is 0. The molecule has 2 saturated heterocycles. The summed E-state index contributed by atoms with van der Waals surface area (Å²) >= 11 is 8.23. The van der Waals surface area contributed by atoms with Crippen molar-refractivity contribution in [2.75, 3.05) is 24.6 Å². The number of halogens is 2. The number of thioether (sulfide) groups is 1. The van der Waals surface area contributed by atoms with Crippen LogP contribution in [0.2, 0.25) is 5.02 Å². The van der Waals surface area contributed by atoms with Gasteiger partial charge in [-0.1, -0.05) is 17.7 Å². The monoisotopic (exact) mass is 342 g/mol. The van der Waals surface area contributed by atoms with Gasteiger partial charge in [0.05, 0.1) is 0 Å². The summed E-state index contributed by atoms with van der Waals surface area (Å²) in [5.74, 6) is 2.32. The Kier molecular flexibility index (Phi) is 6.02. The predicted octanol–water partition coefficient (Wildman–Crippen LogP) is 3.93. The van der Waals surface area contributed by atoms with E-state index >= 15 is 0 Å². The first-order chi connectivity index (χ1) is 10.7. The van der Waals surface area contributed by atoms with Gasteiger partial charge in [-0.3, -0.25) is 4.90 Å². The van der Waals surface area contributed by atoms with Gasteiger partial charge in [0.15, 0.2) is 0 Å². The second kappa shape index (κ2) is 8.00. The van der Waals surface area contributed by atoms with Crippen LogP contribution in [0.15, 0.2) is 18.2 Å². The number of nitrogens with zero attached hydrogens (tertiary/aromatic N) is 1. The van der Waals surface area contributed by atoms with Crippen LogP contribution in [0.5, 0.6) is 0 Å². The van der Waals surface area contributed by atoms with Crippen molar-refractivity contribution in [3.8, 4) is 0 Å². The molecule has 1 aromatic rings. The lowest BCUT2D eigenvalue weighted by atomic mass is 10.0. The van der Waals surface area contributed by atoms with Gasteiger partial charge in [-0.05, 0) is 61.4 Å². The van der Waals surface area contributed by atoms with Crippen LogP contribution >= 0.6 is 23.4 Å². The molecule has 2 heterocycles. The molecule has 1 N–H and O–H groups in total. The molecular weight excluding hydrogens is 319 g/mol. The summed E-state index contributed by atoms with van der Waals surface area (Å²) in [4.78, 5) is 2.44. The number of benzene rings is 1. The first-order valence-corrected chi connectivity index (χ1v) is 9.74. The summed E-state index contributed by atoms with van der Waals surface area (Å²) in [5.41, 5.74) is 1.03. The van der Waals surface area contributed by atoms with Crippen LogP contribution in [0.3, 0.4) is 0 Å². The molecule has 1 atom stereocenters. The molecule has 2 nitrogen and oxygen atoms in total. The maximum absolute atomic E-state index is 13.1. The SMILES string of the molecule is Fc1ccc(CN2CCCC(NC3CCSCC3)C2)c(Cl)c1. The molecule has 1 aromatic carbocycles. The molecule has 0 aliphatic carbocycles. The van der Waals surface area contributed by atoms with Crippen molar-refractivity contribution in [3.63, 3.8) is 0 Å². The highest BCUT2D eigenvalue weighted by Crippen LogP contribution is 2.22. The zero-order valence-electron chi connectivity index (χ0n) is 12.9. The summed E-state index contributed by atoms with van der Waals surface area (Å²) < 4.78 is 13.1. The van der Waals surface area contributed by atoms with Gasteiger partial charge in [-0.15, -0.1) is 0 Å². The molecule has 0 radical (unpaired) electrons. The molecule has 22 heavy (non-hydrogen) atoms. The van der Waals surface area contributed by atoms with Crippen LogP contribution in [0, 0.1) is 5.82 Å². The third-order valence-electron chi connectivity index (χ3n) is 4.61. The van der Waals surface area contributed by atoms with Gasteiger partial charge in [0, 0.05) is 30.2 Å². The minimum Gasteiger partial charge on any atom is -0.310 e. The second-order valence-corrected chi connectivity index (χ2v) is 8.00. The largest absolute Gasteiger partial charge is 0.310 e. The van der Waals surface area contributed by atoms with Gasteiger partial charge >= 0.3 is 0 Å². The Labute approximate surface area is 141 Å². The Morgan fingerprint density at radius 3 is 2.82 bits per heavy atom. The summed E-state index contributed by atoms with van der Waals surface area (Å²) in [5, 5.41) is 4.39. The molecule has 122 valence electrons. The zero-order valence-corrected chi connectivity index (χ0v) is 14.4. The van der Waals surface area contributed by atoms with Crippen LogP contribution in [-0.2, 0) is 6.54 Å². The van der Waals surface area contributed by atoms with Crippen LogP contribution in [0.1, 0.15) is 31.2 Å². The molecule has 3 rings (SSSR count). The van der Waals surface area contributed by atoms with Crippen molar-refractivity contribution < 1.29 is 4.39 Å². The Morgan fingerprint density at radius 2 is 2.05 bits per heavy atom. The van der Waals surface area contributed by atoms with Crippen LogP contribution in [-0.4, -0.2) is 41.6 Å². The first-order valence-electron chi connectivity index (χ1n) is 8.21. The summed E-state index contributed by atoms with van der Waals surface area (Å²) in [6.07, 6.45) is 5.07. The van der Waals surface area contributed by atoms with Crippen molar-refractivity contribution in [2.24, 2.45) is 0 Å². The summed E-state index contributed by atoms with van der Waals surface area (Å²) in [6.45, 7) is 2.99. The fourth-order valence-electron chi connectivity index (χ4n) is 3.42. The van der Waals surface area contributed by atoms with Crippen molar-refractivity contribution in [2.45, 2.75) is 44.3 Å². The van der Waals surface area contributed by atoms with E-state index in [0.29, 0.717) is 17.1 Å². The highest BCUT2D eigenvalue weighted by molar-refractivity contribution is 7.99. The van der Waals surface area contributed by atoms with E-state index < -0.39 is 0 Å². The van der Waals surface area contributed by atoms with Crippen LogP contribution in [0.4, 0.5) is 4.39 Å². The quantitative estimate of drug-likeness (QED) is 0.892. The molecular formula is C17H24ClFN2S. The third-order valence-corrected chi connectivity index (χ3v) is 6.01. The normalized spacial score (nSPS) is 24.5. The van der Waals surface area contributed by atoms with Crippen molar-refractivity contribution in [1.82, 2.24) is 10.2 Å². The van der Waals surface area contributed by atoms with E-state index in [1.54, 1.807) is 0 Å². The minimum atomic E-state index is -0.262. The standard InChI is InChI=1S/C17H24ClFN2S/c18-17-10-14(19)4-3-13(17)11-21-7-1-2-16(12-21)20-15-5-8-22-9-6-15/h3-4,10,15-16,20H,1-2,5-9,11-12H2. The molecule has 5 heteroatoms. The van der Waals surface area contributed by atoms with E-state index in [2.05, 4.69) is 22.0 Å². The van der Waals surface area contributed by atoms with E-state index in [1.165, 1.54) is 49.3 Å². The molecule has 0 spiro atoms. The molecule has 2 fully saturated rings. The van der Waals surface area contributed by atoms with Crippen LogP contribution in [0.25, 0.3) is 0 Å². The van der Waals surface area contributed by atoms with E-state index in [-0.39, 0.29) is 5.82 Å². The topological polar surface area (TPSA) is 15.3 Å². The van der Waals surface area contributed by atoms with Gasteiger partial charge in [-0.25, -0.2) is 4.39 Å². The third kappa shape index (κ3) is 4.60. The lowest BCUT2D eigenvalue weighted by molar-refractivity contribution is 0.174. The zero-order chi connectivity index (χ0) is 15.4. The van der Waals surface area contributed by atoms with E-state index in [1.807, 2.05) is 6.07 Å². The van der Waals surface area contributed by atoms with Crippen molar-refractivity contribution >= 4 is 23.4 Å². The van der Waals surface area contributed by atoms with E-state index in [9.17, 15) is 4.39 Å². The Morgan fingerprint density at radius 1 is 1.23 bits per heavy atom. The molecule has 0 aromatic heterocycles. The summed E-state index contributed by atoms with van der Waals surface area (Å²) in [6, 6.07) is 6.01. The average molecular weight is 343 g/mol. The molecule has 1 unspecified atom stereocenters.